The van der Waals surface area contributed by atoms with Crippen LogP contribution in [0, 0.1) is 11.3 Å². The Morgan fingerprint density at radius 1 is 1.60 bits per heavy atom. The summed E-state index contributed by atoms with van der Waals surface area (Å²) in [7, 11) is -4.06. The number of hydrogen-bond donors (Lipinski definition) is 3. The molecule has 8 nitrogen and oxygen atoms in total. The Morgan fingerprint density at radius 3 is 2.80 bits per heavy atom. The minimum atomic E-state index is -4.06. The highest BCUT2D eigenvalue weighted by molar-refractivity contribution is 7.89. The lowest BCUT2D eigenvalue weighted by molar-refractivity contribution is -0.141. The van der Waals surface area contributed by atoms with Crippen molar-refractivity contribution in [2.75, 3.05) is 6.54 Å². The molecule has 0 fully saturated rings. The van der Waals surface area contributed by atoms with Crippen molar-refractivity contribution in [2.45, 2.75) is 23.8 Å². The normalized spacial score (nSPS) is 14.2. The Bertz CT molecular complexity index is 648. The van der Waals surface area contributed by atoms with Gasteiger partial charge in [-0.2, -0.15) is 5.26 Å². The van der Waals surface area contributed by atoms with Gasteiger partial charge in [0.2, 0.25) is 10.0 Å². The van der Waals surface area contributed by atoms with Crippen LogP contribution in [0.4, 0.5) is 0 Å². The second kappa shape index (κ2) is 5.96. The summed E-state index contributed by atoms with van der Waals surface area (Å²) >= 11 is 0. The van der Waals surface area contributed by atoms with Gasteiger partial charge in [-0.05, 0) is 19.1 Å². The molecule has 3 N–H and O–H groups in total. The smallest absolute Gasteiger partial charge is 0.306 e. The van der Waals surface area contributed by atoms with E-state index in [1.807, 2.05) is 0 Å². The first kappa shape index (κ1) is 16.0. The lowest BCUT2D eigenvalue weighted by atomic mass is 10.0. The third kappa shape index (κ3) is 4.27. The zero-order valence-corrected chi connectivity index (χ0v) is 11.4. The first-order valence-electron chi connectivity index (χ1n) is 5.47. The Labute approximate surface area is 115 Å². The van der Waals surface area contributed by atoms with E-state index >= 15 is 0 Å². The van der Waals surface area contributed by atoms with E-state index in [4.69, 9.17) is 10.4 Å². The summed E-state index contributed by atoms with van der Waals surface area (Å²) in [6.45, 7) is 0.694. The fourth-order valence-corrected chi connectivity index (χ4v) is 2.67. The number of aromatic nitrogens is 1. The molecule has 1 aromatic rings. The molecule has 0 amide bonds. The van der Waals surface area contributed by atoms with Crippen molar-refractivity contribution in [1.82, 2.24) is 9.71 Å². The van der Waals surface area contributed by atoms with E-state index in [1.165, 1.54) is 25.3 Å². The predicted molar refractivity (Wildman–Crippen MR) is 67.0 cm³/mol. The third-order valence-corrected chi connectivity index (χ3v) is 3.77. The number of carbonyl (C=O) groups is 1. The first-order chi connectivity index (χ1) is 9.18. The zero-order valence-electron chi connectivity index (χ0n) is 10.6. The van der Waals surface area contributed by atoms with Gasteiger partial charge in [-0.15, -0.1) is 0 Å². The van der Waals surface area contributed by atoms with E-state index in [9.17, 15) is 18.3 Å². The lowest BCUT2D eigenvalue weighted by Crippen LogP contribution is -2.42. The summed E-state index contributed by atoms with van der Waals surface area (Å²) in [5, 5.41) is 27.1. The summed E-state index contributed by atoms with van der Waals surface area (Å²) in [5.41, 5.74) is -2.02. The van der Waals surface area contributed by atoms with Crippen molar-refractivity contribution in [2.24, 2.45) is 0 Å². The maximum absolute atomic E-state index is 12.0. The Morgan fingerprint density at radius 2 is 2.25 bits per heavy atom. The van der Waals surface area contributed by atoms with Crippen molar-refractivity contribution in [3.63, 3.8) is 0 Å². The fourth-order valence-electron chi connectivity index (χ4n) is 1.41. The molecule has 20 heavy (non-hydrogen) atoms. The van der Waals surface area contributed by atoms with Crippen molar-refractivity contribution in [1.29, 1.82) is 5.26 Å². The number of sulfonamides is 1. The number of nitriles is 1. The molecule has 1 aromatic heterocycles. The Kier molecular flexibility index (Phi) is 4.78. The van der Waals surface area contributed by atoms with Gasteiger partial charge >= 0.3 is 5.97 Å². The van der Waals surface area contributed by atoms with Crippen LogP contribution >= 0.6 is 0 Å². The first-order valence-corrected chi connectivity index (χ1v) is 6.95. The van der Waals surface area contributed by atoms with E-state index in [0.717, 1.165) is 0 Å². The van der Waals surface area contributed by atoms with Gasteiger partial charge in [0.25, 0.3) is 0 Å². The van der Waals surface area contributed by atoms with Gasteiger partial charge in [-0.25, -0.2) is 18.1 Å². The van der Waals surface area contributed by atoms with Crippen LogP contribution in [0.2, 0.25) is 0 Å². The van der Waals surface area contributed by atoms with Crippen molar-refractivity contribution >= 4 is 16.0 Å². The molecule has 1 rings (SSSR count). The molecule has 0 aromatic carbocycles. The average Bonchev–Trinajstić information content (AvgIpc) is 2.35. The van der Waals surface area contributed by atoms with Gasteiger partial charge in [-0.1, -0.05) is 0 Å². The van der Waals surface area contributed by atoms with Crippen LogP contribution in [-0.2, 0) is 14.8 Å². The third-order valence-electron chi connectivity index (χ3n) is 2.34. The van der Waals surface area contributed by atoms with Gasteiger partial charge < -0.3 is 10.2 Å². The topological polar surface area (TPSA) is 140 Å². The average molecular weight is 299 g/mol. The number of carboxylic acid groups (broad SMARTS) is 1. The standard InChI is InChI=1S/C11H13N3O5S/c1-11(17,5-10(15)16)7-14-20(18,19)9-3-2-4-13-8(9)6-12/h2-4,14,17H,5,7H2,1H3,(H,15,16). The number of nitrogens with zero attached hydrogens (tertiary/aromatic N) is 2. The van der Waals surface area contributed by atoms with Gasteiger partial charge in [0, 0.05) is 12.7 Å². The van der Waals surface area contributed by atoms with Gasteiger partial charge in [-0.3, -0.25) is 4.79 Å². The van der Waals surface area contributed by atoms with Crippen LogP contribution in [0.5, 0.6) is 0 Å². The molecule has 0 saturated heterocycles. The highest BCUT2D eigenvalue weighted by Crippen LogP contribution is 2.14. The van der Waals surface area contributed by atoms with Crippen molar-refractivity contribution in [3.05, 3.63) is 24.0 Å². The van der Waals surface area contributed by atoms with Crippen LogP contribution in [0.25, 0.3) is 0 Å². The summed E-state index contributed by atoms with van der Waals surface area (Å²) in [6, 6.07) is 4.19. The van der Waals surface area contributed by atoms with Crippen LogP contribution < -0.4 is 4.72 Å². The van der Waals surface area contributed by atoms with Gasteiger partial charge in [0.15, 0.2) is 5.69 Å². The summed E-state index contributed by atoms with van der Waals surface area (Å²) < 4.78 is 26.0. The summed E-state index contributed by atoms with van der Waals surface area (Å²) in [6.07, 6.45) is 0.659. The van der Waals surface area contributed by atoms with Crippen LogP contribution in [0.3, 0.4) is 0 Å². The largest absolute Gasteiger partial charge is 0.481 e. The van der Waals surface area contributed by atoms with E-state index in [-0.39, 0.29) is 10.6 Å². The highest BCUT2D eigenvalue weighted by Gasteiger charge is 2.28. The Balaban J connectivity index is 2.92. The van der Waals surface area contributed by atoms with E-state index < -0.39 is 34.6 Å². The molecule has 0 saturated carbocycles. The monoisotopic (exact) mass is 299 g/mol. The molecule has 0 aliphatic rings. The number of carboxylic acids is 1. The van der Waals surface area contributed by atoms with Crippen molar-refractivity contribution in [3.8, 4) is 6.07 Å². The molecule has 0 spiro atoms. The maximum Gasteiger partial charge on any atom is 0.306 e. The molecule has 1 atom stereocenters. The fraction of sp³-hybridized carbons (Fsp3) is 0.364. The number of pyridine rings is 1. The Hall–Kier alpha value is -2.02. The molecular formula is C11H13N3O5S. The molecule has 0 aliphatic heterocycles. The number of rotatable bonds is 6. The summed E-state index contributed by atoms with van der Waals surface area (Å²) in [4.78, 5) is 13.8. The minimum Gasteiger partial charge on any atom is -0.481 e. The molecule has 0 aliphatic carbocycles. The molecule has 0 radical (unpaired) electrons. The molecule has 0 bridgehead atoms. The van der Waals surface area contributed by atoms with Gasteiger partial charge in [0.1, 0.15) is 11.0 Å². The molecule has 9 heteroatoms. The second-order valence-electron chi connectivity index (χ2n) is 4.35. The highest BCUT2D eigenvalue weighted by atomic mass is 32.2. The number of aliphatic hydroxyl groups is 1. The minimum absolute atomic E-state index is 0.280. The number of nitrogens with one attached hydrogen (secondary N) is 1. The van der Waals surface area contributed by atoms with E-state index in [1.54, 1.807) is 6.07 Å². The number of aliphatic carboxylic acids is 1. The van der Waals surface area contributed by atoms with Crippen LogP contribution in [0.15, 0.2) is 23.2 Å². The van der Waals surface area contributed by atoms with Crippen LogP contribution in [-0.4, -0.2) is 41.7 Å². The maximum atomic E-state index is 12.0. The zero-order chi connectivity index (χ0) is 15.4. The van der Waals surface area contributed by atoms with Crippen LogP contribution in [0.1, 0.15) is 19.0 Å². The number of hydrogen-bond acceptors (Lipinski definition) is 6. The van der Waals surface area contributed by atoms with E-state index in [0.29, 0.717) is 0 Å². The van der Waals surface area contributed by atoms with E-state index in [2.05, 4.69) is 9.71 Å². The lowest BCUT2D eigenvalue weighted by Gasteiger charge is -2.21. The SMILES string of the molecule is CC(O)(CNS(=O)(=O)c1cccnc1C#N)CC(=O)O. The molecule has 108 valence electrons. The summed E-state index contributed by atoms with van der Waals surface area (Å²) in [5.74, 6) is -1.26. The quantitative estimate of drug-likeness (QED) is 0.640. The predicted octanol–water partition coefficient (Wildman–Crippen LogP) is -0.543. The molecular weight excluding hydrogens is 286 g/mol. The van der Waals surface area contributed by atoms with Crippen molar-refractivity contribution < 1.29 is 23.4 Å². The molecule has 1 heterocycles. The molecule has 1 unspecified atom stereocenters. The van der Waals surface area contributed by atoms with Gasteiger partial charge in [0.05, 0.1) is 12.0 Å². The second-order valence-corrected chi connectivity index (χ2v) is 6.09.